The summed E-state index contributed by atoms with van der Waals surface area (Å²) in [6.45, 7) is 14.2. The zero-order valence-electron chi connectivity index (χ0n) is 62.3. The standard InChI is InChI=1S/C76H148O17P2/c1-9-68(7)54-46-38-29-23-19-15-11-12-16-20-24-31-40-48-56-73(78)86-62-71(92-75(80)58-50-42-32-25-21-17-13-14-18-22-28-36-44-52-66(3)4)64-90-94(82,83)88-60-70(77)61-89-95(84,85)91-65-72(63-87-74(79)57-49-41-35-34-37-45-53-67(5)6)93-76(81)59-51-43-33-27-26-30-39-47-55-69(8)10-2/h66-72,77H,9-65H2,1-8H3,(H,82,83)(H,84,85)/t68?,69?,70-,71-,72-/m1/s1. The normalized spacial score (nSPS) is 14.7. The number of unbranched alkanes of at least 4 members (excludes halogenated alkanes) is 37. The largest absolute Gasteiger partial charge is 0.472 e. The maximum atomic E-state index is 13.1. The second-order valence-corrected chi connectivity index (χ2v) is 31.7. The van der Waals surface area contributed by atoms with Gasteiger partial charge in [-0.3, -0.25) is 37.3 Å². The van der Waals surface area contributed by atoms with Crippen LogP contribution in [0.4, 0.5) is 0 Å². The number of esters is 4. The zero-order chi connectivity index (χ0) is 70.3. The van der Waals surface area contributed by atoms with E-state index in [1.165, 1.54) is 180 Å². The molecule has 0 aliphatic heterocycles. The van der Waals surface area contributed by atoms with Gasteiger partial charge in [-0.1, -0.05) is 331 Å². The molecule has 0 rings (SSSR count). The Hall–Kier alpha value is -1.94. The molecule has 19 heteroatoms. The molecule has 564 valence electrons. The van der Waals surface area contributed by atoms with Gasteiger partial charge in [0.2, 0.25) is 0 Å². The molecule has 0 aliphatic carbocycles. The molecule has 0 saturated carbocycles. The third-order valence-electron chi connectivity index (χ3n) is 18.3. The summed E-state index contributed by atoms with van der Waals surface area (Å²) in [6.07, 6.45) is 50.0. The molecule has 95 heavy (non-hydrogen) atoms. The highest BCUT2D eigenvalue weighted by Gasteiger charge is 2.30. The molecule has 0 aromatic rings. The smallest absolute Gasteiger partial charge is 0.462 e. The average Bonchev–Trinajstić information content (AvgIpc) is 1.62. The minimum absolute atomic E-state index is 0.104. The van der Waals surface area contributed by atoms with Gasteiger partial charge >= 0.3 is 39.5 Å². The third kappa shape index (κ3) is 67.6. The molecule has 0 fully saturated rings. The van der Waals surface area contributed by atoms with Crippen LogP contribution >= 0.6 is 15.6 Å². The topological polar surface area (TPSA) is 237 Å². The summed E-state index contributed by atoms with van der Waals surface area (Å²) in [6, 6.07) is 0. The molecule has 0 heterocycles. The molecule has 0 aromatic carbocycles. The number of hydrogen-bond acceptors (Lipinski definition) is 15. The highest BCUT2D eigenvalue weighted by atomic mass is 31.2. The van der Waals surface area contributed by atoms with E-state index < -0.39 is 97.5 Å². The van der Waals surface area contributed by atoms with Crippen molar-refractivity contribution < 1.29 is 80.2 Å². The van der Waals surface area contributed by atoms with Gasteiger partial charge in [0.05, 0.1) is 26.4 Å². The first kappa shape index (κ1) is 93.1. The number of aliphatic hydroxyl groups is 1. The summed E-state index contributed by atoms with van der Waals surface area (Å²) < 4.78 is 68.5. The predicted octanol–water partition coefficient (Wildman–Crippen LogP) is 22.0. The Labute approximate surface area is 581 Å². The van der Waals surface area contributed by atoms with E-state index in [1.807, 2.05) is 0 Å². The van der Waals surface area contributed by atoms with Gasteiger partial charge in [0, 0.05) is 25.7 Å². The van der Waals surface area contributed by atoms with Crippen molar-refractivity contribution in [2.24, 2.45) is 23.7 Å². The van der Waals surface area contributed by atoms with Crippen molar-refractivity contribution >= 4 is 39.5 Å². The Balaban J connectivity index is 5.24. The van der Waals surface area contributed by atoms with Crippen molar-refractivity contribution in [2.45, 2.75) is 401 Å². The molecule has 17 nitrogen and oxygen atoms in total. The van der Waals surface area contributed by atoms with E-state index in [0.717, 1.165) is 114 Å². The fraction of sp³-hybridized carbons (Fsp3) is 0.947. The number of ether oxygens (including phenoxy) is 4. The SMILES string of the molecule is CCC(C)CCCCCCCCCCCCCCCCC(=O)OC[C@H](COP(=O)(O)OC[C@@H](O)COP(=O)(O)OC[C@@H](COC(=O)CCCCCCCCC(C)C)OC(=O)CCCCCCCCCCC(C)CC)OC(=O)CCCCCCCCCCCCCCCC(C)C. The van der Waals surface area contributed by atoms with Crippen LogP contribution in [0.1, 0.15) is 383 Å². The van der Waals surface area contributed by atoms with Crippen molar-refractivity contribution in [3.05, 3.63) is 0 Å². The maximum absolute atomic E-state index is 13.1. The predicted molar refractivity (Wildman–Crippen MR) is 386 cm³/mol. The number of carbonyl (C=O) groups is 4. The lowest BCUT2D eigenvalue weighted by molar-refractivity contribution is -0.161. The van der Waals surface area contributed by atoms with Crippen molar-refractivity contribution in [3.8, 4) is 0 Å². The van der Waals surface area contributed by atoms with Crippen molar-refractivity contribution in [3.63, 3.8) is 0 Å². The van der Waals surface area contributed by atoms with Crippen LogP contribution in [0.5, 0.6) is 0 Å². The maximum Gasteiger partial charge on any atom is 0.472 e. The summed E-state index contributed by atoms with van der Waals surface area (Å²) in [7, 11) is -9.91. The summed E-state index contributed by atoms with van der Waals surface area (Å²) in [4.78, 5) is 72.8. The van der Waals surface area contributed by atoms with Crippen molar-refractivity contribution in [1.82, 2.24) is 0 Å². The second-order valence-electron chi connectivity index (χ2n) is 28.8. The highest BCUT2D eigenvalue weighted by molar-refractivity contribution is 7.47. The lowest BCUT2D eigenvalue weighted by atomic mass is 9.99. The number of hydrogen-bond donors (Lipinski definition) is 3. The van der Waals surface area contributed by atoms with Gasteiger partial charge in [0.25, 0.3) is 0 Å². The molecule has 0 spiro atoms. The van der Waals surface area contributed by atoms with E-state index in [9.17, 15) is 43.2 Å². The van der Waals surface area contributed by atoms with Crippen LogP contribution in [0.3, 0.4) is 0 Å². The summed E-state index contributed by atoms with van der Waals surface area (Å²) in [5.74, 6) is 0.962. The Morgan fingerprint density at radius 2 is 0.505 bits per heavy atom. The monoisotopic (exact) mass is 1400 g/mol. The van der Waals surface area contributed by atoms with Crippen LogP contribution in [0.15, 0.2) is 0 Å². The minimum atomic E-state index is -4.96. The molecule has 0 saturated heterocycles. The molecule has 0 aromatic heterocycles. The Kier molecular flexibility index (Phi) is 64.0. The molecule has 7 atom stereocenters. The van der Waals surface area contributed by atoms with Gasteiger partial charge in [-0.2, -0.15) is 0 Å². The molecule has 0 aliphatic rings. The fourth-order valence-electron chi connectivity index (χ4n) is 11.5. The number of phosphoric acid groups is 2. The number of aliphatic hydroxyl groups excluding tert-OH is 1. The van der Waals surface area contributed by atoms with Gasteiger partial charge in [-0.05, 0) is 49.4 Å². The average molecular weight is 1400 g/mol. The quantitative estimate of drug-likeness (QED) is 0.0222. The Morgan fingerprint density at radius 1 is 0.295 bits per heavy atom. The van der Waals surface area contributed by atoms with E-state index in [2.05, 4.69) is 55.4 Å². The molecule has 0 bridgehead atoms. The first-order valence-corrected chi connectivity index (χ1v) is 42.3. The summed E-state index contributed by atoms with van der Waals surface area (Å²) in [5, 5.41) is 10.6. The van der Waals surface area contributed by atoms with Crippen LogP contribution in [0.25, 0.3) is 0 Å². The summed E-state index contributed by atoms with van der Waals surface area (Å²) >= 11 is 0. The number of carbonyl (C=O) groups excluding carboxylic acids is 4. The van der Waals surface area contributed by atoms with Crippen LogP contribution in [0, 0.1) is 23.7 Å². The van der Waals surface area contributed by atoms with Crippen LogP contribution < -0.4 is 0 Å². The molecular weight excluding hydrogens is 1250 g/mol. The first-order valence-electron chi connectivity index (χ1n) is 39.3. The van der Waals surface area contributed by atoms with Gasteiger partial charge in [0.15, 0.2) is 12.2 Å². The number of rotatable bonds is 73. The zero-order valence-corrected chi connectivity index (χ0v) is 64.1. The van der Waals surface area contributed by atoms with Crippen molar-refractivity contribution in [2.75, 3.05) is 39.6 Å². The van der Waals surface area contributed by atoms with Crippen LogP contribution in [-0.2, 0) is 65.4 Å². The lowest BCUT2D eigenvalue weighted by Gasteiger charge is -2.21. The Morgan fingerprint density at radius 3 is 0.747 bits per heavy atom. The van der Waals surface area contributed by atoms with Crippen LogP contribution in [-0.4, -0.2) is 96.7 Å². The van der Waals surface area contributed by atoms with Crippen LogP contribution in [0.2, 0.25) is 0 Å². The minimum Gasteiger partial charge on any atom is -0.462 e. The van der Waals surface area contributed by atoms with Gasteiger partial charge in [-0.25, -0.2) is 9.13 Å². The second kappa shape index (κ2) is 65.4. The van der Waals surface area contributed by atoms with E-state index in [4.69, 9.17) is 37.0 Å². The highest BCUT2D eigenvalue weighted by Crippen LogP contribution is 2.45. The van der Waals surface area contributed by atoms with E-state index in [1.54, 1.807) is 0 Å². The molecular formula is C76H148O17P2. The molecule has 0 amide bonds. The van der Waals surface area contributed by atoms with Gasteiger partial charge < -0.3 is 33.8 Å². The van der Waals surface area contributed by atoms with E-state index in [-0.39, 0.29) is 25.7 Å². The van der Waals surface area contributed by atoms with Crippen molar-refractivity contribution in [1.29, 1.82) is 0 Å². The van der Waals surface area contributed by atoms with E-state index in [0.29, 0.717) is 31.6 Å². The molecule has 3 N–H and O–H groups in total. The fourth-order valence-corrected chi connectivity index (χ4v) is 13.1. The van der Waals surface area contributed by atoms with Gasteiger partial charge in [0.1, 0.15) is 19.3 Å². The third-order valence-corrected chi connectivity index (χ3v) is 20.2. The Bertz CT molecular complexity index is 1870. The molecule has 0 radical (unpaired) electrons. The lowest BCUT2D eigenvalue weighted by Crippen LogP contribution is -2.30. The number of phosphoric ester groups is 2. The summed E-state index contributed by atoms with van der Waals surface area (Å²) in [5.41, 5.74) is 0. The molecule has 4 unspecified atom stereocenters. The van der Waals surface area contributed by atoms with Gasteiger partial charge in [-0.15, -0.1) is 0 Å². The first-order chi connectivity index (χ1) is 45.7. The van der Waals surface area contributed by atoms with E-state index >= 15 is 0 Å².